The molecule has 0 aliphatic rings. The molecule has 0 atom stereocenters. The van der Waals surface area contributed by atoms with E-state index < -0.39 is 11.9 Å². The normalized spacial score (nSPS) is 8.00. The second kappa shape index (κ2) is 6.94. The molecule has 0 aliphatic heterocycles. The SMILES string of the molecule is O=C(O)CCCC(=O)O.[Zr]. The summed E-state index contributed by atoms with van der Waals surface area (Å²) in [5, 5.41) is 16.1. The van der Waals surface area contributed by atoms with E-state index in [0.29, 0.717) is 0 Å². The summed E-state index contributed by atoms with van der Waals surface area (Å²) in [7, 11) is 0. The molecule has 0 amide bonds. The van der Waals surface area contributed by atoms with Crippen LogP contribution in [0.3, 0.4) is 0 Å². The fraction of sp³-hybridized carbons (Fsp3) is 0.600. The van der Waals surface area contributed by atoms with E-state index in [9.17, 15) is 9.59 Å². The molecule has 2 N–H and O–H groups in total. The second-order valence-electron chi connectivity index (χ2n) is 1.64. The van der Waals surface area contributed by atoms with Gasteiger partial charge < -0.3 is 10.2 Å². The molecule has 0 heterocycles. The maximum atomic E-state index is 9.79. The molecule has 0 fully saturated rings. The quantitative estimate of drug-likeness (QED) is 0.720. The van der Waals surface area contributed by atoms with Gasteiger partial charge in [0.1, 0.15) is 0 Å². The molecule has 0 bridgehead atoms. The Morgan fingerprint density at radius 1 is 1.00 bits per heavy atom. The van der Waals surface area contributed by atoms with E-state index in [1.807, 2.05) is 0 Å². The van der Waals surface area contributed by atoms with E-state index in [4.69, 9.17) is 10.2 Å². The zero-order valence-electron chi connectivity index (χ0n) is 5.33. The first-order chi connectivity index (χ1) is 4.13. The maximum absolute atomic E-state index is 9.79. The Morgan fingerprint density at radius 2 is 1.30 bits per heavy atom. The molecular formula is C5H8O4Zr. The van der Waals surface area contributed by atoms with Crippen LogP contribution in [0.5, 0.6) is 0 Å². The van der Waals surface area contributed by atoms with Crippen LogP contribution in [0.1, 0.15) is 19.3 Å². The molecule has 4 nitrogen and oxygen atoms in total. The minimum absolute atomic E-state index is 0. The third-order valence-electron chi connectivity index (χ3n) is 0.781. The third-order valence-corrected chi connectivity index (χ3v) is 0.781. The summed E-state index contributed by atoms with van der Waals surface area (Å²) in [6, 6.07) is 0. The van der Waals surface area contributed by atoms with E-state index in [-0.39, 0.29) is 45.5 Å². The molecule has 0 unspecified atom stereocenters. The number of rotatable bonds is 4. The van der Waals surface area contributed by atoms with Gasteiger partial charge in [-0.3, -0.25) is 9.59 Å². The number of aliphatic carboxylic acids is 2. The molecule has 0 saturated carbocycles. The molecule has 0 aromatic heterocycles. The van der Waals surface area contributed by atoms with E-state index in [1.165, 1.54) is 0 Å². The van der Waals surface area contributed by atoms with Crippen molar-refractivity contribution in [3.63, 3.8) is 0 Å². The van der Waals surface area contributed by atoms with Crippen LogP contribution in [0, 0.1) is 0 Å². The van der Waals surface area contributed by atoms with Crippen molar-refractivity contribution in [2.75, 3.05) is 0 Å². The fourth-order valence-electron chi connectivity index (χ4n) is 0.391. The smallest absolute Gasteiger partial charge is 0.303 e. The van der Waals surface area contributed by atoms with Gasteiger partial charge in [0.25, 0.3) is 0 Å². The van der Waals surface area contributed by atoms with Gasteiger partial charge in [-0.2, -0.15) is 0 Å². The van der Waals surface area contributed by atoms with E-state index in [1.54, 1.807) is 0 Å². The largest absolute Gasteiger partial charge is 0.481 e. The van der Waals surface area contributed by atoms with Gasteiger partial charge >= 0.3 is 11.9 Å². The van der Waals surface area contributed by atoms with Gasteiger partial charge in [-0.1, -0.05) is 0 Å². The molecule has 0 aromatic carbocycles. The van der Waals surface area contributed by atoms with Gasteiger partial charge in [0.05, 0.1) is 0 Å². The molecule has 0 rings (SSSR count). The van der Waals surface area contributed by atoms with Crippen LogP contribution in [0.15, 0.2) is 0 Å². The summed E-state index contributed by atoms with van der Waals surface area (Å²) in [6.45, 7) is 0. The number of hydrogen-bond acceptors (Lipinski definition) is 2. The van der Waals surface area contributed by atoms with Crippen LogP contribution >= 0.6 is 0 Å². The van der Waals surface area contributed by atoms with Crippen molar-refractivity contribution in [3.05, 3.63) is 0 Å². The predicted molar refractivity (Wildman–Crippen MR) is 29.1 cm³/mol. The van der Waals surface area contributed by atoms with Crippen molar-refractivity contribution in [1.82, 2.24) is 0 Å². The van der Waals surface area contributed by atoms with Crippen LogP contribution in [0.25, 0.3) is 0 Å². The van der Waals surface area contributed by atoms with Crippen molar-refractivity contribution in [2.24, 2.45) is 0 Å². The van der Waals surface area contributed by atoms with Gasteiger partial charge in [0, 0.05) is 39.0 Å². The molecule has 0 spiro atoms. The van der Waals surface area contributed by atoms with Crippen LogP contribution in [-0.2, 0) is 35.8 Å². The zero-order chi connectivity index (χ0) is 7.28. The summed E-state index contributed by atoms with van der Waals surface area (Å²) < 4.78 is 0. The van der Waals surface area contributed by atoms with Crippen LogP contribution in [0.2, 0.25) is 0 Å². The van der Waals surface area contributed by atoms with Gasteiger partial charge in [-0.25, -0.2) is 0 Å². The van der Waals surface area contributed by atoms with E-state index >= 15 is 0 Å². The van der Waals surface area contributed by atoms with Gasteiger partial charge in [0.15, 0.2) is 0 Å². The molecule has 0 radical (unpaired) electrons. The topological polar surface area (TPSA) is 74.6 Å². The standard InChI is InChI=1S/C5H8O4.Zr/c6-4(7)2-1-3-5(8)9;/h1-3H2,(H,6,7)(H,8,9);. The Balaban J connectivity index is 0. The first kappa shape index (κ1) is 12.5. The summed E-state index contributed by atoms with van der Waals surface area (Å²) in [6.07, 6.45) is 0.0866. The minimum Gasteiger partial charge on any atom is -0.481 e. The monoisotopic (exact) mass is 222 g/mol. The van der Waals surface area contributed by atoms with Crippen molar-refractivity contribution >= 4 is 11.9 Å². The molecule has 0 saturated heterocycles. The molecule has 0 aromatic rings. The van der Waals surface area contributed by atoms with E-state index in [0.717, 1.165) is 0 Å². The molecular weight excluding hydrogens is 215 g/mol. The van der Waals surface area contributed by atoms with Crippen molar-refractivity contribution in [3.8, 4) is 0 Å². The van der Waals surface area contributed by atoms with Crippen LogP contribution < -0.4 is 0 Å². The van der Waals surface area contributed by atoms with E-state index in [2.05, 4.69) is 0 Å². The summed E-state index contributed by atoms with van der Waals surface area (Å²) in [5.74, 6) is -1.90. The van der Waals surface area contributed by atoms with Crippen molar-refractivity contribution < 1.29 is 46.0 Å². The second-order valence-corrected chi connectivity index (χ2v) is 1.64. The molecule has 5 heteroatoms. The zero-order valence-corrected chi connectivity index (χ0v) is 7.79. The number of carbonyl (C=O) groups is 2. The Bertz CT molecular complexity index is 109. The number of hydrogen-bond donors (Lipinski definition) is 2. The van der Waals surface area contributed by atoms with Crippen LogP contribution in [-0.4, -0.2) is 22.2 Å². The number of carboxylic acid groups (broad SMARTS) is 2. The Morgan fingerprint density at radius 3 is 1.50 bits per heavy atom. The summed E-state index contributed by atoms with van der Waals surface area (Å²) in [4.78, 5) is 19.6. The summed E-state index contributed by atoms with van der Waals surface area (Å²) >= 11 is 0. The maximum Gasteiger partial charge on any atom is 0.303 e. The Kier molecular flexibility index (Phi) is 8.67. The predicted octanol–water partition coefficient (Wildman–Crippen LogP) is 0.323. The summed E-state index contributed by atoms with van der Waals surface area (Å²) in [5.41, 5.74) is 0. The van der Waals surface area contributed by atoms with Gasteiger partial charge in [-0.05, 0) is 6.42 Å². The van der Waals surface area contributed by atoms with Crippen LogP contribution in [0.4, 0.5) is 0 Å². The molecule has 10 heavy (non-hydrogen) atoms. The molecule has 0 aliphatic carbocycles. The third kappa shape index (κ3) is 10.7. The van der Waals surface area contributed by atoms with Gasteiger partial charge in [-0.15, -0.1) is 0 Å². The first-order valence-electron chi connectivity index (χ1n) is 2.56. The average molecular weight is 223 g/mol. The van der Waals surface area contributed by atoms with Crippen molar-refractivity contribution in [2.45, 2.75) is 19.3 Å². The Hall–Kier alpha value is -0.177. The van der Waals surface area contributed by atoms with Gasteiger partial charge in [0.2, 0.25) is 0 Å². The fourth-order valence-corrected chi connectivity index (χ4v) is 0.391. The first-order valence-corrected chi connectivity index (χ1v) is 2.56. The molecule has 56 valence electrons. The average Bonchev–Trinajstić information content (AvgIpc) is 1.63. The Labute approximate surface area is 77.4 Å². The number of carboxylic acids is 2. The minimum atomic E-state index is -0.948. The van der Waals surface area contributed by atoms with Crippen molar-refractivity contribution in [1.29, 1.82) is 0 Å².